The van der Waals surface area contributed by atoms with Crippen LogP contribution in [0, 0.1) is 6.92 Å². The molecular formula is C14H16N2O3. The van der Waals surface area contributed by atoms with E-state index < -0.39 is 5.97 Å². The number of hydrogen-bond donors (Lipinski definition) is 1. The summed E-state index contributed by atoms with van der Waals surface area (Å²) in [6, 6.07) is 7.71. The predicted molar refractivity (Wildman–Crippen MR) is 70.5 cm³/mol. The van der Waals surface area contributed by atoms with E-state index in [0.29, 0.717) is 12.1 Å². The van der Waals surface area contributed by atoms with E-state index in [-0.39, 0.29) is 0 Å². The number of esters is 1. The Kier molecular flexibility index (Phi) is 3.85. The van der Waals surface area contributed by atoms with Crippen molar-refractivity contribution in [1.29, 1.82) is 0 Å². The predicted octanol–water partition coefficient (Wildman–Crippen LogP) is 2.10. The Morgan fingerprint density at radius 1 is 1.26 bits per heavy atom. The number of nitrogens with one attached hydrogen (secondary N) is 1. The Bertz CT molecular complexity index is 573. The van der Waals surface area contributed by atoms with Crippen molar-refractivity contribution in [2.24, 2.45) is 0 Å². The van der Waals surface area contributed by atoms with Gasteiger partial charge < -0.3 is 9.47 Å². The Labute approximate surface area is 111 Å². The summed E-state index contributed by atoms with van der Waals surface area (Å²) in [4.78, 5) is 11.6. The normalized spacial score (nSPS) is 10.3. The van der Waals surface area contributed by atoms with Crippen molar-refractivity contribution in [3.05, 3.63) is 46.8 Å². The molecule has 0 bridgehead atoms. The minimum atomic E-state index is -0.399. The molecule has 0 saturated heterocycles. The number of carbonyl (C=O) groups excluding carboxylic acids is 1. The van der Waals surface area contributed by atoms with Gasteiger partial charge in [0.05, 0.1) is 19.9 Å². The molecule has 0 saturated carbocycles. The SMILES string of the molecule is COC(=O)c1[nH]nc(C)c1Cc1ccc(OC)cc1. The standard InChI is InChI=1S/C14H16N2O3/c1-9-12(13(16-15-9)14(17)19-3)8-10-4-6-11(18-2)7-5-10/h4-7H,8H2,1-3H3,(H,15,16). The number of nitrogens with zero attached hydrogens (tertiary/aromatic N) is 1. The lowest BCUT2D eigenvalue weighted by Crippen LogP contribution is -2.06. The van der Waals surface area contributed by atoms with E-state index in [0.717, 1.165) is 22.6 Å². The summed E-state index contributed by atoms with van der Waals surface area (Å²) in [7, 11) is 2.99. The molecule has 0 spiro atoms. The number of aryl methyl sites for hydroxylation is 1. The lowest BCUT2D eigenvalue weighted by molar-refractivity contribution is 0.0593. The summed E-state index contributed by atoms with van der Waals surface area (Å²) in [5.74, 6) is 0.407. The van der Waals surface area contributed by atoms with Crippen LogP contribution >= 0.6 is 0 Å². The van der Waals surface area contributed by atoms with Gasteiger partial charge >= 0.3 is 5.97 Å². The van der Waals surface area contributed by atoms with Crippen molar-refractivity contribution < 1.29 is 14.3 Å². The van der Waals surface area contributed by atoms with Gasteiger partial charge in [-0.2, -0.15) is 5.10 Å². The molecule has 0 radical (unpaired) electrons. The molecule has 5 heteroatoms. The number of methoxy groups -OCH3 is 2. The molecule has 0 aliphatic heterocycles. The molecule has 5 nitrogen and oxygen atoms in total. The molecule has 0 unspecified atom stereocenters. The number of carbonyl (C=O) groups is 1. The minimum Gasteiger partial charge on any atom is -0.497 e. The number of benzene rings is 1. The molecule has 100 valence electrons. The molecule has 0 atom stereocenters. The molecule has 1 aromatic carbocycles. The van der Waals surface area contributed by atoms with Gasteiger partial charge in [-0.3, -0.25) is 5.10 Å². The van der Waals surface area contributed by atoms with Crippen molar-refractivity contribution >= 4 is 5.97 Å². The lowest BCUT2D eigenvalue weighted by Gasteiger charge is -2.05. The first-order valence-electron chi connectivity index (χ1n) is 5.90. The van der Waals surface area contributed by atoms with Crippen LogP contribution in [0.1, 0.15) is 27.3 Å². The van der Waals surface area contributed by atoms with Crippen LogP contribution in [0.5, 0.6) is 5.75 Å². The number of H-pyrrole nitrogens is 1. The molecule has 0 aliphatic rings. The molecular weight excluding hydrogens is 244 g/mol. The molecule has 2 aromatic rings. The Morgan fingerprint density at radius 3 is 2.53 bits per heavy atom. The quantitative estimate of drug-likeness (QED) is 0.855. The summed E-state index contributed by atoms with van der Waals surface area (Å²) in [6.07, 6.45) is 0.622. The van der Waals surface area contributed by atoms with Crippen LogP contribution in [0.15, 0.2) is 24.3 Å². The van der Waals surface area contributed by atoms with Crippen LogP contribution in [0.3, 0.4) is 0 Å². The van der Waals surface area contributed by atoms with E-state index in [1.54, 1.807) is 7.11 Å². The van der Waals surface area contributed by atoms with E-state index in [2.05, 4.69) is 10.2 Å². The molecule has 2 rings (SSSR count). The van der Waals surface area contributed by atoms with Gasteiger partial charge in [0.2, 0.25) is 0 Å². The Hall–Kier alpha value is -2.30. The van der Waals surface area contributed by atoms with Gasteiger partial charge in [-0.05, 0) is 24.6 Å². The van der Waals surface area contributed by atoms with Crippen LogP contribution in [0.2, 0.25) is 0 Å². The van der Waals surface area contributed by atoms with Gasteiger partial charge in [-0.25, -0.2) is 4.79 Å². The van der Waals surface area contributed by atoms with Crippen LogP contribution in [-0.4, -0.2) is 30.4 Å². The maximum atomic E-state index is 11.6. The zero-order valence-corrected chi connectivity index (χ0v) is 11.2. The molecule has 19 heavy (non-hydrogen) atoms. The number of aromatic amines is 1. The largest absolute Gasteiger partial charge is 0.497 e. The molecule has 1 N–H and O–H groups in total. The van der Waals surface area contributed by atoms with E-state index >= 15 is 0 Å². The summed E-state index contributed by atoms with van der Waals surface area (Å²) >= 11 is 0. The van der Waals surface area contributed by atoms with Gasteiger partial charge in [0, 0.05) is 12.0 Å². The highest BCUT2D eigenvalue weighted by atomic mass is 16.5. The summed E-state index contributed by atoms with van der Waals surface area (Å²) < 4.78 is 9.85. The number of hydrogen-bond acceptors (Lipinski definition) is 4. The Balaban J connectivity index is 2.27. The van der Waals surface area contributed by atoms with E-state index in [1.165, 1.54) is 7.11 Å². The van der Waals surface area contributed by atoms with Gasteiger partial charge in [-0.1, -0.05) is 12.1 Å². The van der Waals surface area contributed by atoms with E-state index in [9.17, 15) is 4.79 Å². The molecule has 1 aromatic heterocycles. The fourth-order valence-corrected chi connectivity index (χ4v) is 1.89. The number of rotatable bonds is 4. The second-order valence-corrected chi connectivity index (χ2v) is 4.18. The summed E-state index contributed by atoms with van der Waals surface area (Å²) in [5, 5.41) is 6.78. The van der Waals surface area contributed by atoms with Crippen LogP contribution < -0.4 is 4.74 Å². The number of aromatic nitrogens is 2. The van der Waals surface area contributed by atoms with Crippen molar-refractivity contribution in [3.63, 3.8) is 0 Å². The monoisotopic (exact) mass is 260 g/mol. The van der Waals surface area contributed by atoms with Gasteiger partial charge in [0.1, 0.15) is 11.4 Å². The van der Waals surface area contributed by atoms with E-state index in [1.807, 2.05) is 31.2 Å². The second-order valence-electron chi connectivity index (χ2n) is 4.18. The van der Waals surface area contributed by atoms with Crippen molar-refractivity contribution in [3.8, 4) is 5.75 Å². The third kappa shape index (κ3) is 2.76. The second kappa shape index (κ2) is 5.56. The first-order valence-corrected chi connectivity index (χ1v) is 5.90. The summed E-state index contributed by atoms with van der Waals surface area (Å²) in [5.41, 5.74) is 3.15. The molecule has 1 heterocycles. The third-order valence-electron chi connectivity index (χ3n) is 3.00. The minimum absolute atomic E-state index is 0.399. The third-order valence-corrected chi connectivity index (χ3v) is 3.00. The fourth-order valence-electron chi connectivity index (χ4n) is 1.89. The van der Waals surface area contributed by atoms with Crippen LogP contribution in [-0.2, 0) is 11.2 Å². The van der Waals surface area contributed by atoms with Gasteiger partial charge in [-0.15, -0.1) is 0 Å². The lowest BCUT2D eigenvalue weighted by atomic mass is 10.0. The highest BCUT2D eigenvalue weighted by Gasteiger charge is 2.17. The molecule has 0 aliphatic carbocycles. The topological polar surface area (TPSA) is 64.2 Å². The maximum absolute atomic E-state index is 11.6. The van der Waals surface area contributed by atoms with E-state index in [4.69, 9.17) is 9.47 Å². The van der Waals surface area contributed by atoms with Crippen LogP contribution in [0.4, 0.5) is 0 Å². The zero-order chi connectivity index (χ0) is 13.8. The highest BCUT2D eigenvalue weighted by molar-refractivity contribution is 5.89. The highest BCUT2D eigenvalue weighted by Crippen LogP contribution is 2.19. The van der Waals surface area contributed by atoms with Crippen molar-refractivity contribution in [2.45, 2.75) is 13.3 Å². The fraction of sp³-hybridized carbons (Fsp3) is 0.286. The Morgan fingerprint density at radius 2 is 1.95 bits per heavy atom. The smallest absolute Gasteiger partial charge is 0.356 e. The van der Waals surface area contributed by atoms with Crippen molar-refractivity contribution in [2.75, 3.05) is 14.2 Å². The summed E-state index contributed by atoms with van der Waals surface area (Å²) in [6.45, 7) is 1.86. The van der Waals surface area contributed by atoms with Gasteiger partial charge in [0.15, 0.2) is 0 Å². The van der Waals surface area contributed by atoms with Crippen LogP contribution in [0.25, 0.3) is 0 Å². The first kappa shape index (κ1) is 13.1. The molecule has 0 amide bonds. The number of ether oxygens (including phenoxy) is 2. The first-order chi connectivity index (χ1) is 9.15. The zero-order valence-electron chi connectivity index (χ0n) is 11.2. The average molecular weight is 260 g/mol. The van der Waals surface area contributed by atoms with Gasteiger partial charge in [0.25, 0.3) is 0 Å². The maximum Gasteiger partial charge on any atom is 0.356 e. The molecule has 0 fully saturated rings. The average Bonchev–Trinajstić information content (AvgIpc) is 2.80. The van der Waals surface area contributed by atoms with Crippen molar-refractivity contribution in [1.82, 2.24) is 10.2 Å².